The maximum absolute atomic E-state index is 12.6. The number of ether oxygens (including phenoxy) is 1. The number of carboxylic acid groups (broad SMARTS) is 1. The molecule has 2 aliphatic rings. The van der Waals surface area contributed by atoms with Crippen LogP contribution in [0.2, 0.25) is 5.02 Å². The van der Waals surface area contributed by atoms with Gasteiger partial charge in [0.05, 0.1) is 24.5 Å². The lowest BCUT2D eigenvalue weighted by Gasteiger charge is -2.29. The van der Waals surface area contributed by atoms with Crippen LogP contribution in [0.4, 0.5) is 11.4 Å². The number of anilines is 2. The minimum absolute atomic E-state index is 0.0400. The number of hydrogen-bond acceptors (Lipinski definition) is 7. The maximum Gasteiger partial charge on any atom is 0.336 e. The highest BCUT2D eigenvalue weighted by molar-refractivity contribution is 8.05. The van der Waals surface area contributed by atoms with Crippen molar-refractivity contribution in [2.45, 2.75) is 39.0 Å². The van der Waals surface area contributed by atoms with Crippen molar-refractivity contribution in [2.24, 2.45) is 0 Å². The molecule has 0 saturated carbocycles. The Morgan fingerprint density at radius 3 is 2.66 bits per heavy atom. The number of nitrogens with one attached hydrogen (secondary N) is 2. The highest BCUT2D eigenvalue weighted by Crippen LogP contribution is 2.52. The molecule has 0 spiro atoms. The van der Waals surface area contributed by atoms with E-state index in [1.807, 2.05) is 19.1 Å². The van der Waals surface area contributed by atoms with Crippen molar-refractivity contribution in [1.29, 1.82) is 0 Å². The number of carbonyl (C=O) groups is 1. The minimum atomic E-state index is -0.980. The van der Waals surface area contributed by atoms with Crippen LogP contribution in [-0.2, 0) is 11.2 Å². The number of nitrogens with zero attached hydrogens (tertiary/aromatic N) is 1. The molecule has 41 heavy (non-hydrogen) atoms. The Morgan fingerprint density at radius 1 is 1.05 bits per heavy atom. The average Bonchev–Trinajstić information content (AvgIpc) is 2.96. The SMILES string of the molecule is CC(Cc1c(Cl)cccc1C(=O)O)Nc1ccc2c(c1)Sc1cccc(-c3cc(N4CCOCC4)cc(=O)[nH]3)c1S2. The van der Waals surface area contributed by atoms with Crippen molar-refractivity contribution < 1.29 is 14.6 Å². The fourth-order valence-electron chi connectivity index (χ4n) is 5.19. The molecule has 0 radical (unpaired) electrons. The number of rotatable bonds is 7. The quantitative estimate of drug-likeness (QED) is 0.185. The highest BCUT2D eigenvalue weighted by Gasteiger charge is 2.23. The summed E-state index contributed by atoms with van der Waals surface area (Å²) in [5, 5.41) is 13.5. The van der Waals surface area contributed by atoms with E-state index in [1.54, 1.807) is 47.8 Å². The number of fused-ring (bicyclic) bond motifs is 2. The molecule has 7 nitrogen and oxygen atoms in total. The van der Waals surface area contributed by atoms with Gasteiger partial charge in [-0.3, -0.25) is 4.79 Å². The number of benzene rings is 3. The third-order valence-electron chi connectivity index (χ3n) is 7.12. The van der Waals surface area contributed by atoms with Gasteiger partial charge in [0, 0.05) is 66.7 Å². The van der Waals surface area contributed by atoms with Crippen molar-refractivity contribution in [2.75, 3.05) is 36.5 Å². The van der Waals surface area contributed by atoms with E-state index in [0.29, 0.717) is 30.2 Å². The van der Waals surface area contributed by atoms with Gasteiger partial charge >= 0.3 is 5.97 Å². The van der Waals surface area contributed by atoms with E-state index in [9.17, 15) is 14.7 Å². The standard InChI is InChI=1S/C31H28ClN3O4S2/c1-18(14-23-21(31(37)38)4-2-6-24(23)32)33-19-8-9-26-28(15-19)40-27-7-3-5-22(30(27)41-26)25-16-20(17-29(36)34-25)35-10-12-39-13-11-35/h2-9,15-18,33H,10-14H2,1H3,(H,34,36)(H,37,38). The van der Waals surface area contributed by atoms with Crippen molar-refractivity contribution in [3.63, 3.8) is 0 Å². The lowest BCUT2D eigenvalue weighted by molar-refractivity contribution is 0.0695. The Labute approximate surface area is 251 Å². The number of halogens is 1. The van der Waals surface area contributed by atoms with E-state index in [4.69, 9.17) is 16.3 Å². The first-order chi connectivity index (χ1) is 19.9. The molecule has 210 valence electrons. The Balaban J connectivity index is 1.23. The normalized spacial score (nSPS) is 15.1. The monoisotopic (exact) mass is 605 g/mol. The summed E-state index contributed by atoms with van der Waals surface area (Å²) in [6, 6.07) is 21.1. The number of aromatic amines is 1. The zero-order chi connectivity index (χ0) is 28.5. The molecule has 1 saturated heterocycles. The summed E-state index contributed by atoms with van der Waals surface area (Å²) >= 11 is 9.76. The van der Waals surface area contributed by atoms with Crippen LogP contribution in [0.25, 0.3) is 11.3 Å². The highest BCUT2D eigenvalue weighted by atomic mass is 35.5. The fraction of sp³-hybridized carbons (Fsp3) is 0.226. The predicted molar refractivity (Wildman–Crippen MR) is 165 cm³/mol. The zero-order valence-corrected chi connectivity index (χ0v) is 24.7. The van der Waals surface area contributed by atoms with Gasteiger partial charge in [0.1, 0.15) is 0 Å². The van der Waals surface area contributed by atoms with Gasteiger partial charge in [-0.05, 0) is 61.4 Å². The van der Waals surface area contributed by atoms with Gasteiger partial charge in [-0.1, -0.05) is 53.3 Å². The number of morpholine rings is 1. The van der Waals surface area contributed by atoms with E-state index in [0.717, 1.165) is 55.3 Å². The largest absolute Gasteiger partial charge is 0.478 e. The molecule has 2 aliphatic heterocycles. The van der Waals surface area contributed by atoms with E-state index >= 15 is 0 Å². The molecule has 3 aromatic carbocycles. The van der Waals surface area contributed by atoms with Crippen molar-refractivity contribution in [3.05, 3.63) is 93.2 Å². The second-order valence-electron chi connectivity index (χ2n) is 10.0. The summed E-state index contributed by atoms with van der Waals surface area (Å²) in [5.74, 6) is -0.980. The van der Waals surface area contributed by atoms with Crippen LogP contribution >= 0.6 is 35.1 Å². The number of pyridine rings is 1. The van der Waals surface area contributed by atoms with Crippen molar-refractivity contribution in [3.8, 4) is 11.3 Å². The van der Waals surface area contributed by atoms with Gasteiger partial charge in [-0.15, -0.1) is 0 Å². The number of carboxylic acids is 1. The van der Waals surface area contributed by atoms with E-state index in [2.05, 4.69) is 45.5 Å². The van der Waals surface area contributed by atoms with Crippen LogP contribution in [-0.4, -0.2) is 48.4 Å². The summed E-state index contributed by atoms with van der Waals surface area (Å²) in [5.41, 5.74) is 4.41. The van der Waals surface area contributed by atoms with Gasteiger partial charge in [0.2, 0.25) is 5.56 Å². The maximum atomic E-state index is 12.6. The number of H-pyrrole nitrogens is 1. The lowest BCUT2D eigenvalue weighted by Crippen LogP contribution is -2.36. The second-order valence-corrected chi connectivity index (χ2v) is 12.6. The topological polar surface area (TPSA) is 94.7 Å². The van der Waals surface area contributed by atoms with E-state index in [1.165, 1.54) is 0 Å². The lowest BCUT2D eigenvalue weighted by atomic mass is 10.0. The van der Waals surface area contributed by atoms with Gasteiger partial charge in [0.25, 0.3) is 0 Å². The van der Waals surface area contributed by atoms with Gasteiger partial charge in [-0.2, -0.15) is 0 Å². The summed E-state index contributed by atoms with van der Waals surface area (Å²) in [6.07, 6.45) is 0.480. The Morgan fingerprint density at radius 2 is 1.85 bits per heavy atom. The summed E-state index contributed by atoms with van der Waals surface area (Å²) < 4.78 is 5.48. The zero-order valence-electron chi connectivity index (χ0n) is 22.3. The molecule has 4 aromatic rings. The molecule has 0 aliphatic carbocycles. The number of aromatic nitrogens is 1. The Bertz CT molecular complexity index is 1690. The molecule has 1 unspecified atom stereocenters. The Kier molecular flexibility index (Phi) is 8.03. The fourth-order valence-corrected chi connectivity index (χ4v) is 7.85. The van der Waals surface area contributed by atoms with Gasteiger partial charge in [-0.25, -0.2) is 4.79 Å². The molecule has 0 bridgehead atoms. The molecule has 3 N–H and O–H groups in total. The smallest absolute Gasteiger partial charge is 0.336 e. The van der Waals surface area contributed by atoms with Gasteiger partial charge < -0.3 is 25.0 Å². The molecule has 1 aromatic heterocycles. The van der Waals surface area contributed by atoms with Crippen molar-refractivity contribution >= 4 is 52.5 Å². The van der Waals surface area contributed by atoms with Crippen molar-refractivity contribution in [1.82, 2.24) is 4.98 Å². The van der Waals surface area contributed by atoms with Crippen LogP contribution in [0.15, 0.2) is 91.1 Å². The number of hydrogen-bond donors (Lipinski definition) is 3. The summed E-state index contributed by atoms with van der Waals surface area (Å²) in [6.45, 7) is 4.86. The number of aromatic carboxylic acids is 1. The molecule has 6 rings (SSSR count). The molecule has 3 heterocycles. The third kappa shape index (κ3) is 5.99. The predicted octanol–water partition coefficient (Wildman–Crippen LogP) is 6.89. The van der Waals surface area contributed by atoms with E-state index < -0.39 is 5.97 Å². The van der Waals surface area contributed by atoms with E-state index in [-0.39, 0.29) is 17.2 Å². The summed E-state index contributed by atoms with van der Waals surface area (Å²) in [4.78, 5) is 34.1. The van der Waals surface area contributed by atoms with Crippen LogP contribution in [0.3, 0.4) is 0 Å². The average molecular weight is 606 g/mol. The molecule has 1 fully saturated rings. The molecule has 1 atom stereocenters. The minimum Gasteiger partial charge on any atom is -0.478 e. The van der Waals surface area contributed by atoms with Gasteiger partial charge in [0.15, 0.2) is 0 Å². The second kappa shape index (κ2) is 11.9. The Hall–Kier alpha value is -3.37. The summed E-state index contributed by atoms with van der Waals surface area (Å²) in [7, 11) is 0. The first kappa shape index (κ1) is 27.8. The van der Waals surface area contributed by atoms with Crippen LogP contribution < -0.4 is 15.8 Å². The van der Waals surface area contributed by atoms with Crippen LogP contribution in [0.1, 0.15) is 22.8 Å². The molecular weight excluding hydrogens is 578 g/mol. The molecular formula is C31H28ClN3O4S2. The first-order valence-electron chi connectivity index (χ1n) is 13.3. The van der Waals surface area contributed by atoms with Crippen LogP contribution in [0, 0.1) is 0 Å². The molecule has 0 amide bonds. The molecule has 10 heteroatoms. The third-order valence-corrected chi connectivity index (χ3v) is 10.1. The van der Waals surface area contributed by atoms with Crippen LogP contribution in [0.5, 0.6) is 0 Å². The first-order valence-corrected chi connectivity index (χ1v) is 15.3.